The molecule has 12 unspecified atom stereocenters. The van der Waals surface area contributed by atoms with E-state index in [2.05, 4.69) is 132 Å². The summed E-state index contributed by atoms with van der Waals surface area (Å²) < 4.78 is 0. The third kappa shape index (κ3) is 14.1. The van der Waals surface area contributed by atoms with Crippen LogP contribution in [0, 0.1) is 86.8 Å². The van der Waals surface area contributed by atoms with Crippen LogP contribution in [-0.4, -0.2) is 0 Å². The molecule has 0 radical (unpaired) electrons. The van der Waals surface area contributed by atoms with Crippen molar-refractivity contribution in [3.8, 4) is 0 Å². The summed E-state index contributed by atoms with van der Waals surface area (Å²) in [6.45, 7) is 48.3. The maximum Gasteiger partial charge on any atom is -0.0215 e. The Balaban J connectivity index is 3.19. The molecule has 0 aromatic heterocycles. The fraction of sp³-hybridized carbons (Fsp3) is 1.00. The van der Waals surface area contributed by atoms with Crippen molar-refractivity contribution in [2.24, 2.45) is 86.8 Å². The van der Waals surface area contributed by atoms with Gasteiger partial charge in [0.25, 0.3) is 0 Å². The second kappa shape index (κ2) is 24.2. The molecule has 1 fully saturated rings. The number of rotatable bonds is 31. The van der Waals surface area contributed by atoms with Crippen LogP contribution in [0.4, 0.5) is 0 Å². The van der Waals surface area contributed by atoms with Crippen LogP contribution in [0.3, 0.4) is 0 Å². The van der Waals surface area contributed by atoms with Crippen LogP contribution in [0.5, 0.6) is 0 Å². The first-order valence-electron chi connectivity index (χ1n) is 25.2. The zero-order valence-corrected chi connectivity index (χ0v) is 41.5. The largest absolute Gasteiger partial charge is 0.0651 e. The van der Waals surface area contributed by atoms with Crippen molar-refractivity contribution in [3.63, 3.8) is 0 Å². The summed E-state index contributed by atoms with van der Waals surface area (Å²) in [6, 6.07) is 0. The Morgan fingerprint density at radius 3 is 1.65 bits per heavy atom. The molecule has 0 saturated heterocycles. The van der Waals surface area contributed by atoms with Gasteiger partial charge in [0.05, 0.1) is 0 Å². The Hall–Kier alpha value is 0. The summed E-state index contributed by atoms with van der Waals surface area (Å²) in [4.78, 5) is 0. The third-order valence-electron chi connectivity index (χ3n) is 18.5. The van der Waals surface area contributed by atoms with E-state index < -0.39 is 0 Å². The molecule has 324 valence electrons. The second-order valence-electron chi connectivity index (χ2n) is 22.7. The normalized spacial score (nSPS) is 26.1. The molecule has 1 saturated carbocycles. The van der Waals surface area contributed by atoms with Crippen molar-refractivity contribution in [1.29, 1.82) is 0 Å². The Morgan fingerprint density at radius 1 is 0.593 bits per heavy atom. The fourth-order valence-corrected chi connectivity index (χ4v) is 13.1. The summed E-state index contributed by atoms with van der Waals surface area (Å²) >= 11 is 0. The first-order chi connectivity index (χ1) is 25.2. The van der Waals surface area contributed by atoms with E-state index >= 15 is 0 Å². The molecule has 0 N–H and O–H groups in total. The van der Waals surface area contributed by atoms with Gasteiger partial charge in [-0.15, -0.1) is 0 Å². The maximum atomic E-state index is 2.76. The summed E-state index contributed by atoms with van der Waals surface area (Å²) in [5, 5.41) is 0. The van der Waals surface area contributed by atoms with E-state index in [1.165, 1.54) is 128 Å². The van der Waals surface area contributed by atoms with Crippen LogP contribution in [0.25, 0.3) is 0 Å². The third-order valence-corrected chi connectivity index (χ3v) is 18.5. The van der Waals surface area contributed by atoms with Gasteiger partial charge < -0.3 is 0 Å². The second-order valence-corrected chi connectivity index (χ2v) is 22.7. The van der Waals surface area contributed by atoms with Gasteiger partial charge in [-0.1, -0.05) is 202 Å². The van der Waals surface area contributed by atoms with Crippen molar-refractivity contribution < 1.29 is 0 Å². The highest BCUT2D eigenvalue weighted by molar-refractivity contribution is 5.07. The lowest BCUT2D eigenvalue weighted by molar-refractivity contribution is -0.141. The average Bonchev–Trinajstić information content (AvgIpc) is 3.13. The first-order valence-corrected chi connectivity index (χ1v) is 25.2. The van der Waals surface area contributed by atoms with Gasteiger partial charge in [0, 0.05) is 0 Å². The molecule has 0 heterocycles. The summed E-state index contributed by atoms with van der Waals surface area (Å²) in [7, 11) is 0. The molecule has 0 aromatic carbocycles. The van der Waals surface area contributed by atoms with Gasteiger partial charge in [0.2, 0.25) is 0 Å². The molecule has 0 aliphatic heterocycles. The smallest absolute Gasteiger partial charge is 0.0215 e. The molecule has 0 spiro atoms. The van der Waals surface area contributed by atoms with Crippen molar-refractivity contribution in [2.75, 3.05) is 0 Å². The van der Waals surface area contributed by atoms with E-state index in [9.17, 15) is 0 Å². The average molecular weight is 757 g/mol. The highest BCUT2D eigenvalue weighted by atomic mass is 14.6. The lowest BCUT2D eigenvalue weighted by Gasteiger charge is -2.64. The van der Waals surface area contributed by atoms with Crippen LogP contribution in [0.1, 0.15) is 260 Å². The fourth-order valence-electron chi connectivity index (χ4n) is 13.1. The zero-order chi connectivity index (χ0) is 41.5. The molecular formula is C54H108. The quantitative estimate of drug-likeness (QED) is 0.0661. The molecule has 0 aromatic rings. The predicted molar refractivity (Wildman–Crippen MR) is 248 cm³/mol. The van der Waals surface area contributed by atoms with Crippen molar-refractivity contribution in [3.05, 3.63) is 0 Å². The summed E-state index contributed by atoms with van der Waals surface area (Å²) in [5.41, 5.74) is 2.03. The molecular weight excluding hydrogens is 649 g/mol. The Kier molecular flexibility index (Phi) is 23.3. The van der Waals surface area contributed by atoms with Crippen LogP contribution >= 0.6 is 0 Å². The van der Waals surface area contributed by atoms with Gasteiger partial charge in [-0.3, -0.25) is 0 Å². The Bertz CT molecular complexity index is 953. The van der Waals surface area contributed by atoms with E-state index in [4.69, 9.17) is 0 Å². The van der Waals surface area contributed by atoms with Crippen molar-refractivity contribution in [2.45, 2.75) is 260 Å². The minimum atomic E-state index is 0.463. The predicted octanol–water partition coefficient (Wildman–Crippen LogP) is 18.9. The minimum Gasteiger partial charge on any atom is -0.0651 e. The van der Waals surface area contributed by atoms with E-state index in [0.29, 0.717) is 21.7 Å². The zero-order valence-electron chi connectivity index (χ0n) is 41.5. The standard InChI is InChI=1S/C54H108/c1-20-42(12)39-52(18,25-6)50(48(21-2)22-3)38-47(30-29-44(14)41(10)11)37-43(13)31-33-53(19)34-35-54(53,26-7)49(23-4)45(15)28-27-32-51(17,24-5)46(16)36-40(8)9/h40-50H,20-39H2,1-19H3. The highest BCUT2D eigenvalue weighted by Crippen LogP contribution is 2.67. The van der Waals surface area contributed by atoms with E-state index in [1.54, 1.807) is 0 Å². The topological polar surface area (TPSA) is 0 Å². The van der Waals surface area contributed by atoms with Gasteiger partial charge in [0.15, 0.2) is 0 Å². The number of hydrogen-bond donors (Lipinski definition) is 0. The lowest BCUT2D eigenvalue weighted by atomic mass is 9.41. The van der Waals surface area contributed by atoms with Crippen LogP contribution in [0.15, 0.2) is 0 Å². The molecule has 1 aliphatic carbocycles. The van der Waals surface area contributed by atoms with E-state index in [-0.39, 0.29) is 0 Å². The molecule has 0 amide bonds. The molecule has 0 bridgehead atoms. The molecule has 0 heteroatoms. The van der Waals surface area contributed by atoms with Gasteiger partial charge in [-0.05, 0) is 145 Å². The van der Waals surface area contributed by atoms with Crippen LogP contribution < -0.4 is 0 Å². The Labute approximate surface area is 345 Å². The van der Waals surface area contributed by atoms with Crippen LogP contribution in [0.2, 0.25) is 0 Å². The monoisotopic (exact) mass is 757 g/mol. The number of hydrogen-bond acceptors (Lipinski definition) is 0. The minimum absolute atomic E-state index is 0.463. The molecule has 1 rings (SSSR count). The SMILES string of the molecule is CCC(C)CC(C)(CC)C(CC(CCC(C)C(C)C)CC(C)CCC1(C)CCC1(CC)C(CC)C(C)CCCC(C)(CC)C(C)CC(C)C)C(CC)CC. The van der Waals surface area contributed by atoms with Gasteiger partial charge in [0.1, 0.15) is 0 Å². The van der Waals surface area contributed by atoms with Crippen molar-refractivity contribution in [1.82, 2.24) is 0 Å². The Morgan fingerprint density at radius 2 is 1.20 bits per heavy atom. The highest BCUT2D eigenvalue weighted by Gasteiger charge is 2.58. The van der Waals surface area contributed by atoms with Gasteiger partial charge in [-0.25, -0.2) is 0 Å². The maximum absolute atomic E-state index is 2.76. The molecule has 54 heavy (non-hydrogen) atoms. The molecule has 1 aliphatic rings. The molecule has 12 atom stereocenters. The lowest BCUT2D eigenvalue weighted by Crippen LogP contribution is -2.55. The first kappa shape index (κ1) is 52.0. The van der Waals surface area contributed by atoms with Crippen molar-refractivity contribution >= 4 is 0 Å². The van der Waals surface area contributed by atoms with Gasteiger partial charge in [-0.2, -0.15) is 0 Å². The molecule has 0 nitrogen and oxygen atoms in total. The summed E-state index contributed by atoms with van der Waals surface area (Å²) in [5.74, 6) is 9.23. The van der Waals surface area contributed by atoms with Crippen LogP contribution in [-0.2, 0) is 0 Å². The summed E-state index contributed by atoms with van der Waals surface area (Å²) in [6.07, 6.45) is 28.1. The van der Waals surface area contributed by atoms with Gasteiger partial charge >= 0.3 is 0 Å². The van der Waals surface area contributed by atoms with E-state index in [0.717, 1.165) is 65.1 Å². The van der Waals surface area contributed by atoms with E-state index in [1.807, 2.05) is 0 Å².